The van der Waals surface area contributed by atoms with Crippen molar-refractivity contribution in [3.63, 3.8) is 0 Å². The summed E-state index contributed by atoms with van der Waals surface area (Å²) in [7, 11) is 0. The molecule has 2 saturated carbocycles. The summed E-state index contributed by atoms with van der Waals surface area (Å²) in [5.74, 6) is -0.519. The van der Waals surface area contributed by atoms with Crippen LogP contribution in [-0.4, -0.2) is 42.8 Å². The number of nitrogens with zero attached hydrogens (tertiary/aromatic N) is 4. The Bertz CT molecular complexity index is 1330. The first-order valence-corrected chi connectivity index (χ1v) is 15.7. The highest BCUT2D eigenvalue weighted by Crippen LogP contribution is 2.42. The molecule has 9 nitrogen and oxygen atoms in total. The van der Waals surface area contributed by atoms with E-state index in [1.54, 1.807) is 29.1 Å². The zero-order valence-electron chi connectivity index (χ0n) is 25.1. The molecule has 42 heavy (non-hydrogen) atoms. The average molecular weight is 578 g/mol. The Morgan fingerprint density at radius 3 is 2.26 bits per heavy atom. The molecule has 0 unspecified atom stereocenters. The van der Waals surface area contributed by atoms with Crippen LogP contribution in [-0.2, 0) is 11.3 Å². The first-order valence-electron chi connectivity index (χ1n) is 15.7. The number of amides is 2. The lowest BCUT2D eigenvalue weighted by molar-refractivity contribution is -0.121. The second-order valence-electron chi connectivity index (χ2n) is 12.1. The molecule has 0 spiro atoms. The Labute approximate surface area is 247 Å². The number of anilines is 1. The molecule has 0 bridgehead atoms. The largest absolute Gasteiger partial charge is 0.339 e. The molecule has 3 heterocycles. The van der Waals surface area contributed by atoms with Crippen LogP contribution < -0.4 is 10.6 Å². The van der Waals surface area contributed by atoms with Gasteiger partial charge >= 0.3 is 0 Å². The minimum absolute atomic E-state index is 0.00236. The maximum atomic E-state index is 15.3. The molecule has 2 aliphatic rings. The summed E-state index contributed by atoms with van der Waals surface area (Å²) < 4.78 is 17.0. The van der Waals surface area contributed by atoms with Gasteiger partial charge in [-0.25, -0.2) is 4.98 Å². The molecule has 3 aromatic heterocycles. The van der Waals surface area contributed by atoms with E-state index < -0.39 is 12.0 Å². The van der Waals surface area contributed by atoms with Crippen molar-refractivity contribution in [2.75, 3.05) is 5.32 Å². The Morgan fingerprint density at radius 1 is 1.02 bits per heavy atom. The Morgan fingerprint density at radius 2 is 1.69 bits per heavy atom. The number of rotatable bonds is 10. The molecular weight excluding hydrogens is 533 g/mol. The fraction of sp³-hybridized carbons (Fsp3) is 0.594. The highest BCUT2D eigenvalue weighted by atomic mass is 19.1. The Kier molecular flexibility index (Phi) is 9.69. The first-order chi connectivity index (χ1) is 20.4. The normalized spacial score (nSPS) is 17.4. The van der Waals surface area contributed by atoms with Gasteiger partial charge in [-0.3, -0.25) is 19.4 Å². The zero-order chi connectivity index (χ0) is 29.6. The Balaban J connectivity index is 1.46. The predicted octanol–water partition coefficient (Wildman–Crippen LogP) is 6.35. The molecule has 2 amide bonds. The lowest BCUT2D eigenvalue weighted by atomic mass is 9.66. The number of aromatic nitrogens is 5. The highest BCUT2D eigenvalue weighted by molar-refractivity contribution is 6.00. The monoisotopic (exact) mass is 577 g/mol. The molecule has 0 aliphatic heterocycles. The first kappa shape index (κ1) is 29.9. The standard InChI is InChI=1S/C32H44FN7O2/c1-4-19-40-25(17-18-34-40)31(41)37-29(28(22-11-7-5-8-12-22)23-13-9-6-10-14-23)32(42)36-26-16-15-24(30(33)35-26)27-20(2)38-39-21(27)3/h15-18,22-23,28-29H,4-14,19H2,1-3H3,(H,37,41)(H,38,39)(H,35,36,42)/t29-/m0/s1. The smallest absolute Gasteiger partial charge is 0.270 e. The molecule has 0 radical (unpaired) electrons. The fourth-order valence-corrected chi connectivity index (χ4v) is 7.28. The van der Waals surface area contributed by atoms with Gasteiger partial charge in [0.1, 0.15) is 17.6 Å². The lowest BCUT2D eigenvalue weighted by Gasteiger charge is -2.41. The van der Waals surface area contributed by atoms with Gasteiger partial charge in [0.15, 0.2) is 0 Å². The van der Waals surface area contributed by atoms with Crippen molar-refractivity contribution < 1.29 is 14.0 Å². The summed E-state index contributed by atoms with van der Waals surface area (Å²) >= 11 is 0. The van der Waals surface area contributed by atoms with Crippen molar-refractivity contribution >= 4 is 17.6 Å². The van der Waals surface area contributed by atoms with Gasteiger partial charge in [-0.2, -0.15) is 14.6 Å². The molecule has 0 saturated heterocycles. The molecule has 5 rings (SSSR count). The van der Waals surface area contributed by atoms with Crippen LogP contribution in [0.3, 0.4) is 0 Å². The van der Waals surface area contributed by atoms with Crippen LogP contribution in [0.5, 0.6) is 0 Å². The van der Waals surface area contributed by atoms with Gasteiger partial charge in [-0.1, -0.05) is 71.1 Å². The second kappa shape index (κ2) is 13.6. The number of halogens is 1. The van der Waals surface area contributed by atoms with Gasteiger partial charge in [0.2, 0.25) is 11.9 Å². The maximum absolute atomic E-state index is 15.3. The van der Waals surface area contributed by atoms with E-state index in [1.165, 1.54) is 12.8 Å². The van der Waals surface area contributed by atoms with E-state index in [-0.39, 0.29) is 23.6 Å². The van der Waals surface area contributed by atoms with Gasteiger partial charge in [-0.15, -0.1) is 0 Å². The summed E-state index contributed by atoms with van der Waals surface area (Å²) in [4.78, 5) is 32.0. The molecule has 0 aromatic carbocycles. The van der Waals surface area contributed by atoms with Gasteiger partial charge in [-0.05, 0) is 56.2 Å². The van der Waals surface area contributed by atoms with Crippen LogP contribution in [0.25, 0.3) is 11.1 Å². The van der Waals surface area contributed by atoms with E-state index in [1.807, 2.05) is 20.8 Å². The van der Waals surface area contributed by atoms with E-state index in [2.05, 4.69) is 30.9 Å². The summed E-state index contributed by atoms with van der Waals surface area (Å²) in [6.45, 7) is 6.30. The number of nitrogens with one attached hydrogen (secondary N) is 3. The third-order valence-corrected chi connectivity index (χ3v) is 9.22. The number of pyridine rings is 1. The van der Waals surface area contributed by atoms with Crippen molar-refractivity contribution in [2.24, 2.45) is 17.8 Å². The van der Waals surface area contributed by atoms with Gasteiger partial charge in [0.05, 0.1) is 5.69 Å². The van der Waals surface area contributed by atoms with Crippen LogP contribution in [0.4, 0.5) is 10.2 Å². The lowest BCUT2D eigenvalue weighted by Crippen LogP contribution is -2.53. The SMILES string of the molecule is CCCn1nccc1C(=O)N[C@H](C(=O)Nc1ccc(-c2c(C)n[nH]c2C)c(F)n1)C(C1CCCCC1)C1CCCCC1. The number of H-pyrrole nitrogens is 1. The quantitative estimate of drug-likeness (QED) is 0.243. The zero-order valence-corrected chi connectivity index (χ0v) is 25.1. The summed E-state index contributed by atoms with van der Waals surface area (Å²) in [5.41, 5.74) is 2.87. The molecular formula is C32H44FN7O2. The topological polar surface area (TPSA) is 118 Å². The maximum Gasteiger partial charge on any atom is 0.270 e. The molecule has 226 valence electrons. The molecule has 2 fully saturated rings. The number of carbonyl (C=O) groups is 2. The number of aryl methyl sites for hydroxylation is 3. The van der Waals surface area contributed by atoms with Crippen LogP contribution in [0.15, 0.2) is 24.4 Å². The van der Waals surface area contributed by atoms with Crippen molar-refractivity contribution in [1.29, 1.82) is 0 Å². The molecule has 3 aromatic rings. The molecule has 3 N–H and O–H groups in total. The molecule has 10 heteroatoms. The predicted molar refractivity (Wildman–Crippen MR) is 160 cm³/mol. The van der Waals surface area contributed by atoms with Crippen molar-refractivity contribution in [2.45, 2.75) is 104 Å². The van der Waals surface area contributed by atoms with E-state index in [4.69, 9.17) is 0 Å². The minimum atomic E-state index is -0.767. The van der Waals surface area contributed by atoms with Crippen molar-refractivity contribution in [3.05, 3.63) is 47.4 Å². The van der Waals surface area contributed by atoms with E-state index >= 15 is 4.39 Å². The van der Waals surface area contributed by atoms with Crippen molar-refractivity contribution in [1.82, 2.24) is 30.3 Å². The van der Waals surface area contributed by atoms with Gasteiger partial charge in [0, 0.05) is 29.6 Å². The average Bonchev–Trinajstić information content (AvgIpc) is 3.60. The number of hydrogen-bond acceptors (Lipinski definition) is 5. The van der Waals surface area contributed by atoms with Crippen LogP contribution in [0.2, 0.25) is 0 Å². The third kappa shape index (κ3) is 6.57. The van der Waals surface area contributed by atoms with E-state index in [0.29, 0.717) is 40.9 Å². The van der Waals surface area contributed by atoms with Gasteiger partial charge in [0.25, 0.3) is 5.91 Å². The Hall–Kier alpha value is -3.56. The molecule has 1 atom stereocenters. The minimum Gasteiger partial charge on any atom is -0.339 e. The summed E-state index contributed by atoms with van der Waals surface area (Å²) in [6, 6.07) is 4.18. The molecule has 2 aliphatic carbocycles. The van der Waals surface area contributed by atoms with Crippen LogP contribution in [0, 0.1) is 37.5 Å². The highest BCUT2D eigenvalue weighted by Gasteiger charge is 2.41. The summed E-state index contributed by atoms with van der Waals surface area (Å²) in [5, 5.41) is 17.4. The van der Waals surface area contributed by atoms with Crippen LogP contribution in [0.1, 0.15) is 99.4 Å². The van der Waals surface area contributed by atoms with Gasteiger partial charge < -0.3 is 10.6 Å². The third-order valence-electron chi connectivity index (χ3n) is 9.22. The second-order valence-corrected chi connectivity index (χ2v) is 12.1. The van der Waals surface area contributed by atoms with Crippen molar-refractivity contribution in [3.8, 4) is 11.1 Å². The van der Waals surface area contributed by atoms with E-state index in [9.17, 15) is 9.59 Å². The van der Waals surface area contributed by atoms with Crippen LogP contribution >= 0.6 is 0 Å². The number of hydrogen-bond donors (Lipinski definition) is 3. The van der Waals surface area contributed by atoms with E-state index in [0.717, 1.165) is 63.5 Å². The number of aromatic amines is 1. The fourth-order valence-electron chi connectivity index (χ4n) is 7.28. The summed E-state index contributed by atoms with van der Waals surface area (Å²) in [6.07, 6.45) is 13.7. The number of carbonyl (C=O) groups excluding carboxylic acids is 2.